The van der Waals surface area contributed by atoms with E-state index in [1.165, 1.54) is 0 Å². The summed E-state index contributed by atoms with van der Waals surface area (Å²) in [5.41, 5.74) is 7.38. The first-order valence-electron chi connectivity index (χ1n) is 7.93. The number of hydrogen-bond acceptors (Lipinski definition) is 4. The third-order valence-corrected chi connectivity index (χ3v) is 4.39. The van der Waals surface area contributed by atoms with Crippen molar-refractivity contribution in [2.24, 2.45) is 11.7 Å². The molecule has 1 saturated heterocycles. The van der Waals surface area contributed by atoms with Crippen LogP contribution in [0.1, 0.15) is 16.8 Å². The number of benzene rings is 1. The normalized spacial score (nSPS) is 15.9. The SMILES string of the molecule is CN(c1ccccc1)c1ccc(C(=O)N2CCC(CN)C2)cn1.Cl.Cl. The number of amides is 1. The van der Waals surface area contributed by atoms with E-state index in [1.807, 2.05) is 59.3 Å². The zero-order chi connectivity index (χ0) is 16.2. The quantitative estimate of drug-likeness (QED) is 0.881. The number of likely N-dealkylation sites (tertiary alicyclic amines) is 1. The van der Waals surface area contributed by atoms with Crippen LogP contribution < -0.4 is 10.6 Å². The highest BCUT2D eigenvalue weighted by Gasteiger charge is 2.26. The van der Waals surface area contributed by atoms with E-state index in [2.05, 4.69) is 4.98 Å². The van der Waals surface area contributed by atoms with Gasteiger partial charge in [0.05, 0.1) is 5.56 Å². The van der Waals surface area contributed by atoms with Gasteiger partial charge in [-0.15, -0.1) is 24.8 Å². The number of halogens is 2. The first-order chi connectivity index (χ1) is 11.2. The molecule has 0 saturated carbocycles. The Kier molecular flexibility index (Phi) is 8.16. The van der Waals surface area contributed by atoms with Gasteiger partial charge in [-0.3, -0.25) is 4.79 Å². The lowest BCUT2D eigenvalue weighted by molar-refractivity contribution is 0.0787. The number of anilines is 2. The van der Waals surface area contributed by atoms with Gasteiger partial charge in [0.15, 0.2) is 0 Å². The molecule has 0 bridgehead atoms. The first kappa shape index (κ1) is 21.2. The highest BCUT2D eigenvalue weighted by molar-refractivity contribution is 5.94. The molecule has 1 unspecified atom stereocenters. The van der Waals surface area contributed by atoms with Crippen molar-refractivity contribution in [3.63, 3.8) is 0 Å². The van der Waals surface area contributed by atoms with Gasteiger partial charge in [0.2, 0.25) is 0 Å². The van der Waals surface area contributed by atoms with E-state index in [4.69, 9.17) is 5.73 Å². The van der Waals surface area contributed by atoms with E-state index in [0.717, 1.165) is 31.0 Å². The third-order valence-electron chi connectivity index (χ3n) is 4.39. The Morgan fingerprint density at radius 3 is 2.52 bits per heavy atom. The summed E-state index contributed by atoms with van der Waals surface area (Å²) in [7, 11) is 1.96. The molecular formula is C18H24Cl2N4O. The van der Waals surface area contributed by atoms with Crippen LogP contribution in [-0.4, -0.2) is 42.5 Å². The van der Waals surface area contributed by atoms with Crippen LogP contribution >= 0.6 is 24.8 Å². The third kappa shape index (κ3) is 4.84. The number of nitrogens with two attached hydrogens (primary N) is 1. The molecule has 3 rings (SSSR count). The van der Waals surface area contributed by atoms with Crippen molar-refractivity contribution >= 4 is 42.2 Å². The highest BCUT2D eigenvalue weighted by atomic mass is 35.5. The maximum absolute atomic E-state index is 12.5. The molecule has 1 aromatic carbocycles. The van der Waals surface area contributed by atoms with Gasteiger partial charge in [-0.2, -0.15) is 0 Å². The number of hydrogen-bond donors (Lipinski definition) is 1. The number of nitrogens with zero attached hydrogens (tertiary/aromatic N) is 3. The lowest BCUT2D eigenvalue weighted by Gasteiger charge is -2.19. The maximum atomic E-state index is 12.5. The summed E-state index contributed by atoms with van der Waals surface area (Å²) in [5, 5.41) is 0. The van der Waals surface area contributed by atoms with Gasteiger partial charge in [-0.05, 0) is 43.1 Å². The number of pyridine rings is 1. The molecule has 2 aromatic rings. The predicted molar refractivity (Wildman–Crippen MR) is 106 cm³/mol. The van der Waals surface area contributed by atoms with E-state index in [-0.39, 0.29) is 30.7 Å². The number of rotatable bonds is 4. The molecule has 136 valence electrons. The Hall–Kier alpha value is -1.82. The second-order valence-electron chi connectivity index (χ2n) is 5.94. The van der Waals surface area contributed by atoms with Crippen LogP contribution in [0.3, 0.4) is 0 Å². The fourth-order valence-electron chi connectivity index (χ4n) is 2.89. The summed E-state index contributed by atoms with van der Waals surface area (Å²) >= 11 is 0. The molecule has 2 N–H and O–H groups in total. The van der Waals surface area contributed by atoms with Gasteiger partial charge in [0.1, 0.15) is 5.82 Å². The standard InChI is InChI=1S/C18H22N4O.2ClH/c1-21(16-5-3-2-4-6-16)17-8-7-15(12-20-17)18(23)22-10-9-14(11-19)13-22;;/h2-8,12,14H,9-11,13,19H2,1H3;2*1H. The second-order valence-corrected chi connectivity index (χ2v) is 5.94. The van der Waals surface area contributed by atoms with Crippen LogP contribution in [0.2, 0.25) is 0 Å². The highest BCUT2D eigenvalue weighted by Crippen LogP contribution is 2.22. The molecule has 5 nitrogen and oxygen atoms in total. The van der Waals surface area contributed by atoms with Crippen LogP contribution in [0, 0.1) is 5.92 Å². The van der Waals surface area contributed by atoms with Crippen molar-refractivity contribution in [1.29, 1.82) is 0 Å². The fraction of sp³-hybridized carbons (Fsp3) is 0.333. The Bertz CT molecular complexity index is 667. The molecule has 7 heteroatoms. The summed E-state index contributed by atoms with van der Waals surface area (Å²) in [5.74, 6) is 1.28. The topological polar surface area (TPSA) is 62.5 Å². The molecule has 1 aromatic heterocycles. The minimum atomic E-state index is 0. The van der Waals surface area contributed by atoms with Crippen LogP contribution in [0.4, 0.5) is 11.5 Å². The van der Waals surface area contributed by atoms with Gasteiger partial charge in [-0.25, -0.2) is 4.98 Å². The van der Waals surface area contributed by atoms with Crippen molar-refractivity contribution < 1.29 is 4.79 Å². The molecule has 0 spiro atoms. The molecule has 1 atom stereocenters. The molecule has 25 heavy (non-hydrogen) atoms. The van der Waals surface area contributed by atoms with E-state index in [0.29, 0.717) is 18.0 Å². The summed E-state index contributed by atoms with van der Waals surface area (Å²) in [4.78, 5) is 20.8. The second kappa shape index (κ2) is 9.61. The zero-order valence-corrected chi connectivity index (χ0v) is 15.8. The number of carbonyl (C=O) groups is 1. The van der Waals surface area contributed by atoms with Gasteiger partial charge in [0.25, 0.3) is 5.91 Å². The largest absolute Gasteiger partial charge is 0.338 e. The van der Waals surface area contributed by atoms with Gasteiger partial charge in [-0.1, -0.05) is 18.2 Å². The minimum Gasteiger partial charge on any atom is -0.338 e. The Morgan fingerprint density at radius 2 is 1.96 bits per heavy atom. The molecule has 1 amide bonds. The monoisotopic (exact) mass is 382 g/mol. The summed E-state index contributed by atoms with van der Waals surface area (Å²) < 4.78 is 0. The van der Waals surface area contributed by atoms with E-state index in [9.17, 15) is 4.79 Å². The van der Waals surface area contributed by atoms with Crippen LogP contribution in [0.25, 0.3) is 0 Å². The van der Waals surface area contributed by atoms with Gasteiger partial charge >= 0.3 is 0 Å². The van der Waals surface area contributed by atoms with Crippen molar-refractivity contribution in [3.05, 3.63) is 54.2 Å². The number of para-hydroxylation sites is 1. The van der Waals surface area contributed by atoms with Gasteiger partial charge < -0.3 is 15.5 Å². The average molecular weight is 383 g/mol. The van der Waals surface area contributed by atoms with E-state index in [1.54, 1.807) is 6.20 Å². The Labute approximate surface area is 161 Å². The minimum absolute atomic E-state index is 0. The molecule has 1 aliphatic rings. The molecule has 0 radical (unpaired) electrons. The van der Waals surface area contributed by atoms with E-state index < -0.39 is 0 Å². The van der Waals surface area contributed by atoms with Crippen molar-refractivity contribution in [1.82, 2.24) is 9.88 Å². The van der Waals surface area contributed by atoms with Crippen LogP contribution in [0.15, 0.2) is 48.7 Å². The van der Waals surface area contributed by atoms with Crippen LogP contribution in [0.5, 0.6) is 0 Å². The summed E-state index contributed by atoms with van der Waals surface area (Å²) in [6.45, 7) is 2.18. The van der Waals surface area contributed by atoms with Crippen molar-refractivity contribution in [2.75, 3.05) is 31.6 Å². The summed E-state index contributed by atoms with van der Waals surface area (Å²) in [6.07, 6.45) is 2.65. The Morgan fingerprint density at radius 1 is 1.24 bits per heavy atom. The summed E-state index contributed by atoms with van der Waals surface area (Å²) in [6, 6.07) is 13.7. The molecule has 1 aliphatic heterocycles. The molecule has 2 heterocycles. The molecular weight excluding hydrogens is 359 g/mol. The zero-order valence-electron chi connectivity index (χ0n) is 14.2. The van der Waals surface area contributed by atoms with Crippen LogP contribution in [-0.2, 0) is 0 Å². The fourth-order valence-corrected chi connectivity index (χ4v) is 2.89. The maximum Gasteiger partial charge on any atom is 0.255 e. The predicted octanol–water partition coefficient (Wildman–Crippen LogP) is 3.11. The lowest BCUT2D eigenvalue weighted by atomic mass is 10.1. The van der Waals surface area contributed by atoms with Crippen molar-refractivity contribution in [2.45, 2.75) is 6.42 Å². The van der Waals surface area contributed by atoms with Crippen molar-refractivity contribution in [3.8, 4) is 0 Å². The lowest BCUT2D eigenvalue weighted by Crippen LogP contribution is -2.30. The Balaban J connectivity index is 0.00000156. The number of aromatic nitrogens is 1. The average Bonchev–Trinajstić information content (AvgIpc) is 3.10. The molecule has 1 fully saturated rings. The number of carbonyl (C=O) groups excluding carboxylic acids is 1. The smallest absolute Gasteiger partial charge is 0.255 e. The van der Waals surface area contributed by atoms with Gasteiger partial charge in [0, 0.05) is 32.0 Å². The molecule has 0 aliphatic carbocycles. The van der Waals surface area contributed by atoms with E-state index >= 15 is 0 Å². The first-order valence-corrected chi connectivity index (χ1v) is 7.93.